The Hall–Kier alpha value is -8.20. The van der Waals surface area contributed by atoms with E-state index in [1.54, 1.807) is 0 Å². The molecule has 0 bridgehead atoms. The molecule has 0 saturated carbocycles. The van der Waals surface area contributed by atoms with E-state index < -0.39 is 0 Å². The summed E-state index contributed by atoms with van der Waals surface area (Å²) in [7, 11) is 0. The van der Waals surface area contributed by atoms with Gasteiger partial charge in [0.25, 0.3) is 0 Å². The molecule has 2 heteroatoms. The number of rotatable bonds is 7. The fourth-order valence-electron chi connectivity index (χ4n) is 11.5. The van der Waals surface area contributed by atoms with Crippen LogP contribution >= 0.6 is 0 Å². The first-order valence-corrected chi connectivity index (χ1v) is 23.6. The van der Waals surface area contributed by atoms with E-state index in [9.17, 15) is 0 Å². The third-order valence-electron chi connectivity index (χ3n) is 14.7. The van der Waals surface area contributed by atoms with Crippen molar-refractivity contribution in [3.63, 3.8) is 0 Å². The van der Waals surface area contributed by atoms with Crippen molar-refractivity contribution in [3.05, 3.63) is 253 Å². The lowest BCUT2D eigenvalue weighted by molar-refractivity contribution is 0.660. The zero-order valence-electron chi connectivity index (χ0n) is 37.7. The summed E-state index contributed by atoms with van der Waals surface area (Å²) < 4.78 is 2.39. The topological polar surface area (TPSA) is 8.17 Å². The Labute approximate surface area is 392 Å². The van der Waals surface area contributed by atoms with Gasteiger partial charge in [-0.05, 0) is 138 Å². The predicted molar refractivity (Wildman–Crippen MR) is 285 cm³/mol. The lowest BCUT2D eigenvalue weighted by Crippen LogP contribution is -2.30. The van der Waals surface area contributed by atoms with Crippen molar-refractivity contribution in [1.29, 1.82) is 0 Å². The minimum absolute atomic E-state index is 0.0667. The number of anilines is 2. The number of aromatic nitrogens is 1. The van der Waals surface area contributed by atoms with Crippen LogP contribution in [0, 0.1) is 0 Å². The molecule has 0 spiro atoms. The fourth-order valence-corrected chi connectivity index (χ4v) is 11.5. The van der Waals surface area contributed by atoms with Gasteiger partial charge < -0.3 is 9.47 Å². The number of hydrogen-bond donors (Lipinski definition) is 0. The van der Waals surface area contributed by atoms with Crippen LogP contribution in [-0.2, 0) is 5.41 Å². The van der Waals surface area contributed by atoms with Crippen LogP contribution in [0.4, 0.5) is 11.4 Å². The van der Waals surface area contributed by atoms with Crippen molar-refractivity contribution in [2.75, 3.05) is 4.90 Å². The second kappa shape index (κ2) is 15.5. The molecule has 11 aromatic rings. The van der Waals surface area contributed by atoms with E-state index in [0.717, 1.165) is 12.1 Å². The molecule has 2 aliphatic rings. The van der Waals surface area contributed by atoms with E-state index in [1.807, 2.05) is 0 Å². The molecule has 1 unspecified atom stereocenters. The second-order valence-electron chi connectivity index (χ2n) is 18.8. The molecule has 1 heterocycles. The Balaban J connectivity index is 0.821. The maximum atomic E-state index is 2.48. The Morgan fingerprint density at radius 2 is 0.925 bits per heavy atom. The third kappa shape index (κ3) is 6.24. The van der Waals surface area contributed by atoms with Gasteiger partial charge in [-0.1, -0.05) is 196 Å². The Kier molecular flexibility index (Phi) is 9.05. The van der Waals surface area contributed by atoms with Crippen LogP contribution in [0.5, 0.6) is 0 Å². The SMILES string of the molecule is CC1(C)c2ccccc2-c2ccc(-c3c4ccccc4c(-c4ccc(C5=CCC(N(c6ccccc6)c6ccc(-n7c8ccccc8c8ccccc87)cc6)C=C5)cc4)c4ccccc34)cc21. The van der Waals surface area contributed by atoms with Gasteiger partial charge in [0.15, 0.2) is 0 Å². The van der Waals surface area contributed by atoms with Crippen molar-refractivity contribution in [3.8, 4) is 39.1 Å². The van der Waals surface area contributed by atoms with Crippen LogP contribution in [0.25, 0.3) is 88.0 Å². The Morgan fingerprint density at radius 3 is 1.54 bits per heavy atom. The van der Waals surface area contributed by atoms with Crippen LogP contribution in [0.1, 0.15) is 37.0 Å². The van der Waals surface area contributed by atoms with Crippen LogP contribution in [0.2, 0.25) is 0 Å². The summed E-state index contributed by atoms with van der Waals surface area (Å²) in [5, 5.41) is 7.65. The monoisotopic (exact) mass is 856 g/mol. The van der Waals surface area contributed by atoms with Gasteiger partial charge in [0.1, 0.15) is 0 Å². The Bertz CT molecular complexity index is 3680. The van der Waals surface area contributed by atoms with Gasteiger partial charge in [0.2, 0.25) is 0 Å². The standard InChI is InChI=1S/C65H48N2/c1-65(2)59-25-13-10-18-51(59)52-41-34-46(42-60(52)65)64-57-23-8-6-21-55(57)63(56-22-7-9-24-58(56)64)45-30-28-43(29-31-45)44-32-35-48(36-33-44)66(47-16-4-3-5-17-47)49-37-39-50(40-38-49)67-61-26-14-11-19-53(61)54-20-12-15-27-62(54)67/h3-35,37-42,48H,36H2,1-2H3. The van der Waals surface area contributed by atoms with Crippen LogP contribution in [0.3, 0.4) is 0 Å². The molecule has 67 heavy (non-hydrogen) atoms. The van der Waals surface area contributed by atoms with Gasteiger partial charge in [0.05, 0.1) is 17.1 Å². The molecule has 13 rings (SSSR count). The summed E-state index contributed by atoms with van der Waals surface area (Å²) in [6, 6.07) is 80.9. The normalized spacial score (nSPS) is 15.0. The molecule has 2 aliphatic carbocycles. The maximum Gasteiger partial charge on any atom is 0.0560 e. The first kappa shape index (κ1) is 39.2. The van der Waals surface area contributed by atoms with E-state index in [1.165, 1.54) is 110 Å². The van der Waals surface area contributed by atoms with Gasteiger partial charge in [-0.15, -0.1) is 0 Å². The highest BCUT2D eigenvalue weighted by Gasteiger charge is 2.35. The van der Waals surface area contributed by atoms with Crippen molar-refractivity contribution in [1.82, 2.24) is 4.57 Å². The quantitative estimate of drug-likeness (QED) is 0.145. The molecule has 0 aliphatic heterocycles. The smallest absolute Gasteiger partial charge is 0.0560 e. The lowest BCUT2D eigenvalue weighted by atomic mass is 9.80. The molecule has 1 aromatic heterocycles. The minimum atomic E-state index is -0.0667. The molecule has 10 aromatic carbocycles. The molecule has 0 N–H and O–H groups in total. The maximum absolute atomic E-state index is 2.48. The summed E-state index contributed by atoms with van der Waals surface area (Å²) >= 11 is 0. The van der Waals surface area contributed by atoms with Crippen molar-refractivity contribution in [2.24, 2.45) is 0 Å². The van der Waals surface area contributed by atoms with E-state index in [-0.39, 0.29) is 11.5 Å². The van der Waals surface area contributed by atoms with Crippen LogP contribution in [-0.4, -0.2) is 10.6 Å². The summed E-state index contributed by atoms with van der Waals surface area (Å²) in [4.78, 5) is 2.48. The van der Waals surface area contributed by atoms with Gasteiger partial charge in [-0.2, -0.15) is 0 Å². The molecule has 2 nitrogen and oxygen atoms in total. The molecule has 0 fully saturated rings. The fraction of sp³-hybridized carbons (Fsp3) is 0.0769. The molecule has 0 saturated heterocycles. The number of benzene rings is 10. The molecule has 0 amide bonds. The zero-order chi connectivity index (χ0) is 44.6. The Morgan fingerprint density at radius 1 is 0.433 bits per heavy atom. The number of allylic oxidation sites excluding steroid dienone is 2. The van der Waals surface area contributed by atoms with E-state index in [0.29, 0.717) is 0 Å². The highest BCUT2D eigenvalue weighted by atomic mass is 15.2. The van der Waals surface area contributed by atoms with Gasteiger partial charge in [-0.3, -0.25) is 0 Å². The first-order valence-electron chi connectivity index (χ1n) is 23.6. The van der Waals surface area contributed by atoms with Crippen LogP contribution in [0.15, 0.2) is 237 Å². The van der Waals surface area contributed by atoms with E-state index >= 15 is 0 Å². The highest BCUT2D eigenvalue weighted by Crippen LogP contribution is 2.51. The summed E-state index contributed by atoms with van der Waals surface area (Å²) in [5.41, 5.74) is 19.0. The average molecular weight is 857 g/mol. The number of hydrogen-bond acceptors (Lipinski definition) is 1. The van der Waals surface area contributed by atoms with Crippen molar-refractivity contribution >= 4 is 60.3 Å². The van der Waals surface area contributed by atoms with Crippen molar-refractivity contribution in [2.45, 2.75) is 31.7 Å². The molecule has 318 valence electrons. The number of para-hydroxylation sites is 3. The molecular weight excluding hydrogens is 809 g/mol. The summed E-state index contributed by atoms with van der Waals surface area (Å²) in [6.07, 6.45) is 8.01. The van der Waals surface area contributed by atoms with E-state index in [2.05, 4.69) is 260 Å². The number of fused-ring (bicyclic) bond motifs is 8. The average Bonchev–Trinajstić information content (AvgIpc) is 3.84. The molecule has 0 radical (unpaired) electrons. The highest BCUT2D eigenvalue weighted by molar-refractivity contribution is 6.21. The lowest BCUT2D eigenvalue weighted by Gasteiger charge is -2.33. The third-order valence-corrected chi connectivity index (χ3v) is 14.7. The predicted octanol–water partition coefficient (Wildman–Crippen LogP) is 17.3. The number of nitrogens with zero attached hydrogens (tertiary/aromatic N) is 2. The minimum Gasteiger partial charge on any atom is -0.334 e. The largest absolute Gasteiger partial charge is 0.334 e. The molecular formula is C65H48N2. The van der Waals surface area contributed by atoms with Crippen molar-refractivity contribution < 1.29 is 0 Å². The van der Waals surface area contributed by atoms with Gasteiger partial charge in [-0.25, -0.2) is 0 Å². The molecule has 1 atom stereocenters. The second-order valence-corrected chi connectivity index (χ2v) is 18.8. The first-order chi connectivity index (χ1) is 33.0. The van der Waals surface area contributed by atoms with Crippen LogP contribution < -0.4 is 4.90 Å². The summed E-state index contributed by atoms with van der Waals surface area (Å²) in [6.45, 7) is 4.74. The summed E-state index contributed by atoms with van der Waals surface area (Å²) in [5.74, 6) is 0. The van der Waals surface area contributed by atoms with Gasteiger partial charge in [0, 0.05) is 33.2 Å². The van der Waals surface area contributed by atoms with Gasteiger partial charge >= 0.3 is 0 Å². The van der Waals surface area contributed by atoms with E-state index in [4.69, 9.17) is 0 Å². The zero-order valence-corrected chi connectivity index (χ0v) is 37.7.